The van der Waals surface area contributed by atoms with Crippen molar-refractivity contribution in [3.05, 3.63) is 58.0 Å². The van der Waals surface area contributed by atoms with Crippen LogP contribution in [-0.4, -0.2) is 10.5 Å². The van der Waals surface area contributed by atoms with Gasteiger partial charge in [-0.25, -0.2) is 0 Å². The fraction of sp³-hybridized carbons (Fsp3) is 0.143. The molecule has 0 fully saturated rings. The van der Waals surface area contributed by atoms with Gasteiger partial charge in [-0.2, -0.15) is 0 Å². The predicted octanol–water partition coefficient (Wildman–Crippen LogP) is -2.27. The maximum Gasteiger partial charge on any atom is 1.00 e. The van der Waals surface area contributed by atoms with Crippen LogP contribution >= 0.6 is 0 Å². The van der Waals surface area contributed by atoms with Gasteiger partial charge in [-0.15, -0.1) is 0 Å². The minimum absolute atomic E-state index is 0. The number of benzene rings is 1. The molecule has 0 aliphatic rings. The monoisotopic (exact) mass is 265 g/mol. The standard InChI is InChI=1S/C14H13NO3.Na/c1-9-12(14(17)18)13(16)11(8-15(9)2)10-6-4-3-5-7-10;/h3-8H,1-2H3,(H,17,18);/q;+1/p-1. The number of carboxylic acid groups (broad SMARTS) is 1. The number of hydrogen-bond acceptors (Lipinski definition) is 3. The average Bonchev–Trinajstić information content (AvgIpc) is 2.34. The summed E-state index contributed by atoms with van der Waals surface area (Å²) in [6.45, 7) is 1.58. The third-order valence-electron chi connectivity index (χ3n) is 2.97. The van der Waals surface area contributed by atoms with Gasteiger partial charge in [0.25, 0.3) is 0 Å². The van der Waals surface area contributed by atoms with Crippen LogP contribution in [0.4, 0.5) is 0 Å². The number of nitrogens with zero attached hydrogens (tertiary/aromatic N) is 1. The van der Waals surface area contributed by atoms with E-state index < -0.39 is 11.4 Å². The molecule has 5 heteroatoms. The summed E-state index contributed by atoms with van der Waals surface area (Å²) in [5, 5.41) is 11.1. The Morgan fingerprint density at radius 1 is 1.21 bits per heavy atom. The van der Waals surface area contributed by atoms with Gasteiger partial charge in [0, 0.05) is 24.5 Å². The molecule has 1 heterocycles. The largest absolute Gasteiger partial charge is 1.00 e. The fourth-order valence-electron chi connectivity index (χ4n) is 1.89. The van der Waals surface area contributed by atoms with E-state index in [1.165, 1.54) is 0 Å². The van der Waals surface area contributed by atoms with Gasteiger partial charge in [-0.1, -0.05) is 30.3 Å². The molecular formula is C14H12NNaO3. The van der Waals surface area contributed by atoms with Crippen molar-refractivity contribution in [2.24, 2.45) is 7.05 Å². The molecule has 0 unspecified atom stereocenters. The predicted molar refractivity (Wildman–Crippen MR) is 66.2 cm³/mol. The second kappa shape index (κ2) is 6.19. The van der Waals surface area contributed by atoms with Gasteiger partial charge in [0.05, 0.1) is 11.5 Å². The van der Waals surface area contributed by atoms with E-state index in [-0.39, 0.29) is 35.1 Å². The number of carboxylic acids is 1. The molecule has 1 aromatic heterocycles. The Hall–Kier alpha value is -1.36. The van der Waals surface area contributed by atoms with E-state index in [4.69, 9.17) is 0 Å². The number of carbonyl (C=O) groups excluding carboxylic acids is 1. The number of aromatic carboxylic acids is 1. The van der Waals surface area contributed by atoms with Gasteiger partial charge >= 0.3 is 29.6 Å². The summed E-state index contributed by atoms with van der Waals surface area (Å²) in [7, 11) is 1.70. The normalized spacial score (nSPS) is 9.79. The van der Waals surface area contributed by atoms with E-state index >= 15 is 0 Å². The number of carbonyl (C=O) groups is 1. The summed E-state index contributed by atoms with van der Waals surface area (Å²) in [6, 6.07) is 8.97. The third-order valence-corrected chi connectivity index (χ3v) is 2.97. The van der Waals surface area contributed by atoms with Crippen molar-refractivity contribution >= 4 is 5.97 Å². The van der Waals surface area contributed by atoms with Gasteiger partial charge < -0.3 is 14.5 Å². The Kier molecular flexibility index (Phi) is 5.11. The zero-order valence-electron chi connectivity index (χ0n) is 11.1. The Balaban J connectivity index is 0.00000180. The smallest absolute Gasteiger partial charge is 0.545 e. The van der Waals surface area contributed by atoms with E-state index in [9.17, 15) is 14.7 Å². The minimum Gasteiger partial charge on any atom is -0.545 e. The van der Waals surface area contributed by atoms with Gasteiger partial charge in [0.2, 0.25) is 0 Å². The molecule has 19 heavy (non-hydrogen) atoms. The van der Waals surface area contributed by atoms with E-state index in [0.717, 1.165) is 0 Å². The molecule has 2 aromatic rings. The van der Waals surface area contributed by atoms with E-state index in [1.807, 2.05) is 6.07 Å². The van der Waals surface area contributed by atoms with Crippen molar-refractivity contribution in [1.82, 2.24) is 4.57 Å². The van der Waals surface area contributed by atoms with Crippen molar-refractivity contribution in [3.63, 3.8) is 0 Å². The first-order chi connectivity index (χ1) is 8.52. The minimum atomic E-state index is -1.44. The molecule has 0 atom stereocenters. The van der Waals surface area contributed by atoms with Gasteiger partial charge in [-0.3, -0.25) is 4.79 Å². The van der Waals surface area contributed by atoms with Crippen LogP contribution in [0.1, 0.15) is 16.1 Å². The van der Waals surface area contributed by atoms with Gasteiger partial charge in [0.15, 0.2) is 5.43 Å². The van der Waals surface area contributed by atoms with Crippen LogP contribution in [-0.2, 0) is 7.05 Å². The summed E-state index contributed by atoms with van der Waals surface area (Å²) >= 11 is 0. The summed E-state index contributed by atoms with van der Waals surface area (Å²) < 4.78 is 1.62. The van der Waals surface area contributed by atoms with Crippen LogP contribution in [0, 0.1) is 6.92 Å². The van der Waals surface area contributed by atoms with E-state index in [0.29, 0.717) is 16.8 Å². The summed E-state index contributed by atoms with van der Waals surface area (Å²) in [6.07, 6.45) is 1.64. The average molecular weight is 265 g/mol. The molecule has 1 aromatic carbocycles. The Morgan fingerprint density at radius 2 is 1.79 bits per heavy atom. The first-order valence-electron chi connectivity index (χ1n) is 5.49. The zero-order valence-corrected chi connectivity index (χ0v) is 13.1. The molecule has 0 aliphatic carbocycles. The van der Waals surface area contributed by atoms with Crippen LogP contribution in [0.3, 0.4) is 0 Å². The maximum atomic E-state index is 12.1. The first-order valence-corrected chi connectivity index (χ1v) is 5.49. The van der Waals surface area contributed by atoms with Crippen molar-refractivity contribution in [2.45, 2.75) is 6.92 Å². The molecule has 0 aliphatic heterocycles. The molecule has 0 radical (unpaired) electrons. The van der Waals surface area contributed by atoms with Crippen molar-refractivity contribution in [3.8, 4) is 11.1 Å². The van der Waals surface area contributed by atoms with Crippen LogP contribution in [0.5, 0.6) is 0 Å². The number of hydrogen-bond donors (Lipinski definition) is 0. The van der Waals surface area contributed by atoms with Crippen LogP contribution in [0.2, 0.25) is 0 Å². The molecule has 0 N–H and O–H groups in total. The molecule has 2 rings (SSSR count). The first kappa shape index (κ1) is 15.7. The topological polar surface area (TPSA) is 62.1 Å². The van der Waals surface area contributed by atoms with Crippen LogP contribution in [0.25, 0.3) is 11.1 Å². The Bertz CT molecular complexity index is 662. The second-order valence-electron chi connectivity index (χ2n) is 4.10. The molecule has 0 saturated heterocycles. The van der Waals surface area contributed by atoms with E-state index in [1.54, 1.807) is 49.0 Å². The van der Waals surface area contributed by atoms with Crippen molar-refractivity contribution in [1.29, 1.82) is 0 Å². The summed E-state index contributed by atoms with van der Waals surface area (Å²) in [5.74, 6) is -1.44. The molecule has 0 spiro atoms. The van der Waals surface area contributed by atoms with E-state index in [2.05, 4.69) is 0 Å². The van der Waals surface area contributed by atoms with Crippen LogP contribution in [0.15, 0.2) is 41.3 Å². The summed E-state index contributed by atoms with van der Waals surface area (Å²) in [5.41, 5.74) is 0.666. The molecule has 0 saturated carbocycles. The third kappa shape index (κ3) is 2.97. The van der Waals surface area contributed by atoms with Gasteiger partial charge in [0.1, 0.15) is 0 Å². The molecular weight excluding hydrogens is 253 g/mol. The molecule has 0 amide bonds. The zero-order chi connectivity index (χ0) is 13.3. The van der Waals surface area contributed by atoms with Crippen molar-refractivity contribution < 1.29 is 39.5 Å². The number of rotatable bonds is 2. The SMILES string of the molecule is Cc1c(C(=O)[O-])c(=O)c(-c2ccccc2)cn1C.[Na+]. The van der Waals surface area contributed by atoms with Crippen LogP contribution < -0.4 is 40.1 Å². The van der Waals surface area contributed by atoms with Crippen molar-refractivity contribution in [2.75, 3.05) is 0 Å². The summed E-state index contributed by atoms with van der Waals surface area (Å²) in [4.78, 5) is 23.2. The molecule has 0 bridgehead atoms. The Morgan fingerprint density at radius 3 is 2.32 bits per heavy atom. The Labute approximate surface area is 133 Å². The maximum absolute atomic E-state index is 12.1. The second-order valence-corrected chi connectivity index (χ2v) is 4.10. The fourth-order valence-corrected chi connectivity index (χ4v) is 1.89. The molecule has 92 valence electrons. The number of pyridine rings is 1. The molecule has 4 nitrogen and oxygen atoms in total. The number of aryl methyl sites for hydroxylation is 1. The number of aromatic nitrogens is 1. The van der Waals surface area contributed by atoms with Gasteiger partial charge in [-0.05, 0) is 12.5 Å². The quantitative estimate of drug-likeness (QED) is 0.575.